The fourth-order valence-electron chi connectivity index (χ4n) is 1.78. The number of benzene rings is 1. The van der Waals surface area contributed by atoms with Gasteiger partial charge in [0.2, 0.25) is 0 Å². The zero-order chi connectivity index (χ0) is 12.3. The van der Waals surface area contributed by atoms with Crippen molar-refractivity contribution in [3.63, 3.8) is 0 Å². The highest BCUT2D eigenvalue weighted by molar-refractivity contribution is 7.99. The number of nitrogens with one attached hydrogen (secondary N) is 1. The molecule has 1 fully saturated rings. The van der Waals surface area contributed by atoms with E-state index < -0.39 is 12.0 Å². The third-order valence-electron chi connectivity index (χ3n) is 2.76. The summed E-state index contributed by atoms with van der Waals surface area (Å²) in [5.41, 5.74) is 1.15. The van der Waals surface area contributed by atoms with Gasteiger partial charge in [0, 0.05) is 4.90 Å². The van der Waals surface area contributed by atoms with E-state index in [9.17, 15) is 4.79 Å². The van der Waals surface area contributed by atoms with Crippen LogP contribution in [0.1, 0.15) is 17.4 Å². The van der Waals surface area contributed by atoms with Crippen molar-refractivity contribution in [1.29, 1.82) is 0 Å². The van der Waals surface area contributed by atoms with Crippen molar-refractivity contribution in [1.82, 2.24) is 5.32 Å². The number of carbonyl (C=O) groups is 1. The van der Waals surface area contributed by atoms with Gasteiger partial charge in [-0.2, -0.15) is 0 Å². The van der Waals surface area contributed by atoms with Crippen molar-refractivity contribution >= 4 is 29.5 Å². The lowest BCUT2D eigenvalue weighted by Gasteiger charge is -2.28. The molecule has 2 N–H and O–H groups in total. The van der Waals surface area contributed by atoms with Crippen LogP contribution in [-0.4, -0.2) is 29.1 Å². The first-order valence-electron chi connectivity index (χ1n) is 5.45. The van der Waals surface area contributed by atoms with E-state index in [1.165, 1.54) is 4.90 Å². The van der Waals surface area contributed by atoms with Crippen molar-refractivity contribution < 1.29 is 9.90 Å². The summed E-state index contributed by atoms with van der Waals surface area (Å²) >= 11 is 3.48. The van der Waals surface area contributed by atoms with Gasteiger partial charge in [-0.05, 0) is 36.1 Å². The van der Waals surface area contributed by atoms with Crippen LogP contribution in [0.3, 0.4) is 0 Å². The summed E-state index contributed by atoms with van der Waals surface area (Å²) in [5, 5.41) is 12.3. The minimum absolute atomic E-state index is 0.0979. The predicted molar refractivity (Wildman–Crippen MR) is 72.6 cm³/mol. The Morgan fingerprint density at radius 1 is 1.47 bits per heavy atom. The zero-order valence-corrected chi connectivity index (χ0v) is 11.2. The predicted octanol–water partition coefficient (Wildman–Crippen LogP) is 2.59. The number of hydrogen-bond donors (Lipinski definition) is 2. The number of hydrogen-bond acceptors (Lipinski definition) is 4. The third-order valence-corrected chi connectivity index (χ3v) is 4.72. The van der Waals surface area contributed by atoms with Gasteiger partial charge in [0.1, 0.15) is 6.04 Å². The molecule has 1 saturated heterocycles. The van der Waals surface area contributed by atoms with Gasteiger partial charge in [-0.3, -0.25) is 10.1 Å². The van der Waals surface area contributed by atoms with Crippen LogP contribution in [0, 0.1) is 0 Å². The van der Waals surface area contributed by atoms with Crippen LogP contribution in [-0.2, 0) is 4.79 Å². The molecule has 0 bridgehead atoms. The van der Waals surface area contributed by atoms with Gasteiger partial charge in [-0.25, -0.2) is 0 Å². The normalized spacial score (nSPS) is 24.5. The number of thioether (sulfide) groups is 2. The topological polar surface area (TPSA) is 49.3 Å². The monoisotopic (exact) mass is 269 g/mol. The van der Waals surface area contributed by atoms with Gasteiger partial charge in [0.05, 0.1) is 5.37 Å². The molecular formula is C12H15NO2S2. The summed E-state index contributed by atoms with van der Waals surface area (Å²) < 4.78 is 0. The van der Waals surface area contributed by atoms with Gasteiger partial charge in [-0.15, -0.1) is 23.5 Å². The Bertz CT molecular complexity index is 394. The summed E-state index contributed by atoms with van der Waals surface area (Å²) in [6.45, 7) is 0. The van der Waals surface area contributed by atoms with Gasteiger partial charge in [0.25, 0.3) is 0 Å². The van der Waals surface area contributed by atoms with E-state index >= 15 is 0 Å². The zero-order valence-electron chi connectivity index (χ0n) is 9.55. The van der Waals surface area contributed by atoms with Crippen LogP contribution in [0.2, 0.25) is 0 Å². The van der Waals surface area contributed by atoms with E-state index in [0.717, 1.165) is 11.3 Å². The quantitative estimate of drug-likeness (QED) is 0.826. The van der Waals surface area contributed by atoms with Crippen molar-refractivity contribution in [3.8, 4) is 0 Å². The van der Waals surface area contributed by atoms with Crippen LogP contribution < -0.4 is 5.32 Å². The summed E-state index contributed by atoms with van der Waals surface area (Å²) in [4.78, 5) is 12.2. The molecule has 3 nitrogen and oxygen atoms in total. The van der Waals surface area contributed by atoms with E-state index in [4.69, 9.17) is 5.11 Å². The van der Waals surface area contributed by atoms with Crippen LogP contribution >= 0.6 is 23.5 Å². The second-order valence-electron chi connectivity index (χ2n) is 3.87. The van der Waals surface area contributed by atoms with Crippen molar-refractivity contribution in [3.05, 3.63) is 29.8 Å². The molecule has 0 aromatic heterocycles. The molecular weight excluding hydrogens is 254 g/mol. The summed E-state index contributed by atoms with van der Waals surface area (Å²) in [6, 6.07) is 7.88. The Labute approximate surface area is 109 Å². The van der Waals surface area contributed by atoms with E-state index in [0.29, 0.717) is 6.42 Å². The first kappa shape index (κ1) is 12.8. The highest BCUT2D eigenvalue weighted by Crippen LogP contribution is 2.32. The molecule has 1 aliphatic heterocycles. The number of carboxylic acid groups (broad SMARTS) is 1. The molecule has 0 aliphatic carbocycles. The molecule has 17 heavy (non-hydrogen) atoms. The Morgan fingerprint density at radius 3 is 2.76 bits per heavy atom. The average molecular weight is 269 g/mol. The van der Waals surface area contributed by atoms with Crippen molar-refractivity contribution in [2.45, 2.75) is 22.7 Å². The maximum absolute atomic E-state index is 11.0. The first-order valence-corrected chi connectivity index (χ1v) is 7.72. The van der Waals surface area contributed by atoms with Crippen LogP contribution in [0.5, 0.6) is 0 Å². The van der Waals surface area contributed by atoms with Crippen LogP contribution in [0.15, 0.2) is 29.2 Å². The van der Waals surface area contributed by atoms with E-state index in [1.54, 1.807) is 23.5 Å². The molecule has 1 aromatic carbocycles. The maximum Gasteiger partial charge on any atom is 0.320 e. The second kappa shape index (κ2) is 5.80. The lowest BCUT2D eigenvalue weighted by molar-refractivity contribution is -0.139. The SMILES string of the molecule is CSc1ccc(C2NC(C(=O)O)CCS2)cc1. The van der Waals surface area contributed by atoms with Gasteiger partial charge in [-0.1, -0.05) is 12.1 Å². The van der Waals surface area contributed by atoms with Gasteiger partial charge < -0.3 is 5.11 Å². The molecule has 5 heteroatoms. The Kier molecular flexibility index (Phi) is 4.36. The Morgan fingerprint density at radius 2 is 2.18 bits per heavy atom. The molecule has 2 unspecified atom stereocenters. The lowest BCUT2D eigenvalue weighted by atomic mass is 10.1. The molecule has 1 heterocycles. The van der Waals surface area contributed by atoms with Crippen LogP contribution in [0.4, 0.5) is 0 Å². The molecule has 0 spiro atoms. The molecule has 1 aliphatic rings. The van der Waals surface area contributed by atoms with Crippen molar-refractivity contribution in [2.24, 2.45) is 0 Å². The molecule has 92 valence electrons. The highest BCUT2D eigenvalue weighted by Gasteiger charge is 2.27. The number of aliphatic carboxylic acids is 1. The number of carboxylic acids is 1. The first-order chi connectivity index (χ1) is 8.20. The average Bonchev–Trinajstić information content (AvgIpc) is 2.39. The molecule has 0 amide bonds. The standard InChI is InChI=1S/C12H15NO2S2/c1-16-9-4-2-8(3-5-9)11-13-10(12(14)15)6-7-17-11/h2-5,10-11,13H,6-7H2,1H3,(H,14,15). The van der Waals surface area contributed by atoms with E-state index in [-0.39, 0.29) is 5.37 Å². The second-order valence-corrected chi connectivity index (χ2v) is 5.96. The summed E-state index contributed by atoms with van der Waals surface area (Å²) in [6.07, 6.45) is 2.74. The van der Waals surface area contributed by atoms with Crippen LogP contribution in [0.25, 0.3) is 0 Å². The fraction of sp³-hybridized carbons (Fsp3) is 0.417. The Hall–Kier alpha value is -0.650. The maximum atomic E-state index is 11.0. The summed E-state index contributed by atoms with van der Waals surface area (Å²) in [5.74, 6) is 0.134. The summed E-state index contributed by atoms with van der Waals surface area (Å²) in [7, 11) is 0. The number of rotatable bonds is 3. The third kappa shape index (κ3) is 3.18. The molecule has 0 saturated carbocycles. The highest BCUT2D eigenvalue weighted by atomic mass is 32.2. The van der Waals surface area contributed by atoms with E-state index in [2.05, 4.69) is 29.6 Å². The smallest absolute Gasteiger partial charge is 0.320 e. The molecule has 0 radical (unpaired) electrons. The van der Waals surface area contributed by atoms with Gasteiger partial charge >= 0.3 is 5.97 Å². The van der Waals surface area contributed by atoms with Crippen molar-refractivity contribution in [2.75, 3.05) is 12.0 Å². The lowest BCUT2D eigenvalue weighted by Crippen LogP contribution is -2.41. The van der Waals surface area contributed by atoms with Gasteiger partial charge in [0.15, 0.2) is 0 Å². The Balaban J connectivity index is 2.08. The minimum atomic E-state index is -0.754. The molecule has 2 atom stereocenters. The largest absolute Gasteiger partial charge is 0.480 e. The van der Waals surface area contributed by atoms with E-state index in [1.807, 2.05) is 6.26 Å². The molecule has 2 rings (SSSR count). The fourth-order valence-corrected chi connectivity index (χ4v) is 3.41. The molecule has 1 aromatic rings. The minimum Gasteiger partial charge on any atom is -0.480 e.